The van der Waals surface area contributed by atoms with Crippen molar-refractivity contribution in [3.8, 4) is 5.75 Å². The highest BCUT2D eigenvalue weighted by molar-refractivity contribution is 5.42. The van der Waals surface area contributed by atoms with Gasteiger partial charge in [-0.05, 0) is 56.9 Å². The van der Waals surface area contributed by atoms with E-state index in [0.717, 1.165) is 51.1 Å². The minimum Gasteiger partial charge on any atom is -0.408 e. The van der Waals surface area contributed by atoms with Crippen LogP contribution in [0, 0.1) is 18.7 Å². The van der Waals surface area contributed by atoms with Gasteiger partial charge in [0.05, 0.1) is 6.04 Å². The molecule has 0 aromatic heterocycles. The average molecular weight is 307 g/mol. The molecule has 1 atom stereocenters. The van der Waals surface area contributed by atoms with Crippen molar-refractivity contribution in [2.24, 2.45) is 5.92 Å². The van der Waals surface area contributed by atoms with Crippen LogP contribution in [0.3, 0.4) is 0 Å². The molecule has 1 aromatic carbocycles. The number of benzene rings is 1. The summed E-state index contributed by atoms with van der Waals surface area (Å²) in [5, 5.41) is 3.38. The van der Waals surface area contributed by atoms with Crippen LogP contribution in [-0.4, -0.2) is 37.6 Å². The fraction of sp³-hybridized carbons (Fsp3) is 0.647. The first-order chi connectivity index (χ1) is 10.7. The van der Waals surface area contributed by atoms with Crippen molar-refractivity contribution in [1.82, 2.24) is 15.7 Å². The number of rotatable bonds is 5. The molecule has 0 spiro atoms. The molecule has 0 radical (unpaired) electrons. The third-order valence-corrected chi connectivity index (χ3v) is 4.88. The van der Waals surface area contributed by atoms with Gasteiger partial charge < -0.3 is 15.1 Å². The maximum atomic E-state index is 13.6. The van der Waals surface area contributed by atoms with E-state index < -0.39 is 0 Å². The van der Waals surface area contributed by atoms with E-state index in [4.69, 9.17) is 4.84 Å². The summed E-state index contributed by atoms with van der Waals surface area (Å²) < 4.78 is 13.6. The van der Waals surface area contributed by atoms with Gasteiger partial charge in [-0.3, -0.25) is 0 Å². The molecule has 0 saturated carbocycles. The molecule has 2 N–H and O–H groups in total. The molecule has 2 heterocycles. The van der Waals surface area contributed by atoms with Crippen LogP contribution < -0.4 is 15.6 Å². The van der Waals surface area contributed by atoms with Crippen molar-refractivity contribution in [3.05, 3.63) is 29.1 Å². The van der Waals surface area contributed by atoms with Gasteiger partial charge in [-0.15, -0.1) is 5.48 Å². The lowest BCUT2D eigenvalue weighted by molar-refractivity contribution is 0.112. The first-order valence-corrected chi connectivity index (χ1v) is 8.34. The number of likely N-dealkylation sites (N-methyl/N-ethyl adjacent to an activating group) is 1. The summed E-state index contributed by atoms with van der Waals surface area (Å²) in [6.45, 7) is 9.43. The van der Waals surface area contributed by atoms with Gasteiger partial charge in [-0.1, -0.05) is 6.92 Å². The van der Waals surface area contributed by atoms with E-state index in [1.165, 1.54) is 6.07 Å². The van der Waals surface area contributed by atoms with E-state index in [0.29, 0.717) is 17.2 Å². The smallest absolute Gasteiger partial charge is 0.155 e. The Morgan fingerprint density at radius 3 is 2.86 bits per heavy atom. The average Bonchev–Trinajstić information content (AvgIpc) is 2.91. The Balaban J connectivity index is 1.58. The molecule has 0 bridgehead atoms. The number of fused-ring (bicyclic) bond motifs is 1. The zero-order valence-electron chi connectivity index (χ0n) is 13.5. The van der Waals surface area contributed by atoms with Gasteiger partial charge in [0.25, 0.3) is 0 Å². The Hall–Kier alpha value is -1.17. The molecule has 1 fully saturated rings. The van der Waals surface area contributed by atoms with E-state index in [2.05, 4.69) is 22.6 Å². The van der Waals surface area contributed by atoms with Crippen molar-refractivity contribution in [2.75, 3.05) is 32.7 Å². The number of hydroxylamine groups is 1. The Kier molecular flexibility index (Phi) is 4.96. The number of piperidine rings is 1. The normalized spacial score (nSPS) is 22.6. The van der Waals surface area contributed by atoms with Crippen LogP contribution in [0.2, 0.25) is 0 Å². The van der Waals surface area contributed by atoms with Gasteiger partial charge in [-0.25, -0.2) is 4.39 Å². The number of halogens is 1. The molecule has 5 heteroatoms. The quantitative estimate of drug-likeness (QED) is 0.819. The topological polar surface area (TPSA) is 36.5 Å². The summed E-state index contributed by atoms with van der Waals surface area (Å²) in [5.41, 5.74) is 4.93. The fourth-order valence-electron chi connectivity index (χ4n) is 3.48. The van der Waals surface area contributed by atoms with Crippen molar-refractivity contribution in [1.29, 1.82) is 0 Å². The first kappa shape index (κ1) is 15.7. The number of hydrogen-bond donors (Lipinski definition) is 2. The van der Waals surface area contributed by atoms with E-state index in [9.17, 15) is 4.39 Å². The molecule has 4 nitrogen and oxygen atoms in total. The molecular weight excluding hydrogens is 281 g/mol. The first-order valence-electron chi connectivity index (χ1n) is 8.34. The number of nitrogens with zero attached hydrogens (tertiary/aromatic N) is 1. The third kappa shape index (κ3) is 3.26. The largest absolute Gasteiger partial charge is 0.408 e. The lowest BCUT2D eigenvalue weighted by Gasteiger charge is -2.34. The van der Waals surface area contributed by atoms with Crippen molar-refractivity contribution < 1.29 is 9.23 Å². The van der Waals surface area contributed by atoms with Gasteiger partial charge >= 0.3 is 0 Å². The molecule has 2 aliphatic rings. The highest BCUT2D eigenvalue weighted by Gasteiger charge is 2.34. The van der Waals surface area contributed by atoms with Crippen LogP contribution in [0.4, 0.5) is 4.39 Å². The van der Waals surface area contributed by atoms with Crippen LogP contribution in [-0.2, 0) is 0 Å². The van der Waals surface area contributed by atoms with E-state index in [-0.39, 0.29) is 11.9 Å². The maximum Gasteiger partial charge on any atom is 0.155 e. The maximum absolute atomic E-state index is 13.6. The molecule has 0 aliphatic carbocycles. The summed E-state index contributed by atoms with van der Waals surface area (Å²) >= 11 is 0. The minimum atomic E-state index is -0.195. The second-order valence-electron chi connectivity index (χ2n) is 6.37. The second-order valence-corrected chi connectivity index (χ2v) is 6.37. The predicted molar refractivity (Wildman–Crippen MR) is 85.3 cm³/mol. The second kappa shape index (κ2) is 6.94. The molecule has 3 rings (SSSR count). The third-order valence-electron chi connectivity index (χ3n) is 4.88. The molecule has 1 unspecified atom stereocenters. The lowest BCUT2D eigenvalue weighted by Crippen LogP contribution is -2.40. The van der Waals surface area contributed by atoms with Crippen LogP contribution in [0.1, 0.15) is 36.9 Å². The molecule has 0 amide bonds. The molecule has 1 saturated heterocycles. The lowest BCUT2D eigenvalue weighted by atomic mass is 9.85. The summed E-state index contributed by atoms with van der Waals surface area (Å²) in [4.78, 5) is 8.01. The van der Waals surface area contributed by atoms with Crippen molar-refractivity contribution in [3.63, 3.8) is 0 Å². The predicted octanol–water partition coefficient (Wildman–Crippen LogP) is 2.39. The molecule has 122 valence electrons. The molecule has 22 heavy (non-hydrogen) atoms. The zero-order chi connectivity index (χ0) is 15.5. The minimum absolute atomic E-state index is 0.195. The van der Waals surface area contributed by atoms with Gasteiger partial charge in [0.15, 0.2) is 5.75 Å². The summed E-state index contributed by atoms with van der Waals surface area (Å²) in [6, 6.07) is 3.64. The highest BCUT2D eigenvalue weighted by atomic mass is 19.1. The van der Waals surface area contributed by atoms with Gasteiger partial charge in [-0.2, -0.15) is 0 Å². The van der Waals surface area contributed by atoms with Crippen LogP contribution >= 0.6 is 0 Å². The SMILES string of the molecule is CCNCCN1CCC(C2NOc3cc(F)c(C)cc32)CC1. The number of aryl methyl sites for hydroxylation is 1. The van der Waals surface area contributed by atoms with E-state index >= 15 is 0 Å². The summed E-state index contributed by atoms with van der Waals surface area (Å²) in [7, 11) is 0. The van der Waals surface area contributed by atoms with E-state index in [1.54, 1.807) is 0 Å². The zero-order valence-corrected chi connectivity index (χ0v) is 13.5. The number of likely N-dealkylation sites (tertiary alicyclic amines) is 1. The Morgan fingerprint density at radius 1 is 1.36 bits per heavy atom. The molecule has 1 aromatic rings. The van der Waals surface area contributed by atoms with Gasteiger partial charge in [0.1, 0.15) is 5.82 Å². The molecular formula is C17H26FN3O. The van der Waals surface area contributed by atoms with Crippen LogP contribution in [0.25, 0.3) is 0 Å². The summed E-state index contributed by atoms with van der Waals surface area (Å²) in [6.07, 6.45) is 2.31. The van der Waals surface area contributed by atoms with Crippen molar-refractivity contribution >= 4 is 0 Å². The highest BCUT2D eigenvalue weighted by Crippen LogP contribution is 2.40. The van der Waals surface area contributed by atoms with Gasteiger partial charge in [0.2, 0.25) is 0 Å². The van der Waals surface area contributed by atoms with Gasteiger partial charge in [0, 0.05) is 24.7 Å². The van der Waals surface area contributed by atoms with E-state index in [1.807, 2.05) is 13.0 Å². The Bertz CT molecular complexity index is 515. The number of hydrogen-bond acceptors (Lipinski definition) is 4. The molecule has 2 aliphatic heterocycles. The van der Waals surface area contributed by atoms with Crippen LogP contribution in [0.5, 0.6) is 5.75 Å². The standard InChI is InChI=1S/C17H26FN3O/c1-3-19-6-9-21-7-4-13(5-8-21)17-14-10-12(2)15(18)11-16(14)22-20-17/h10-11,13,17,19-20H,3-9H2,1-2H3. The number of nitrogens with one attached hydrogen (secondary N) is 2. The Labute approximate surface area is 132 Å². The monoisotopic (exact) mass is 307 g/mol. The van der Waals surface area contributed by atoms with Crippen LogP contribution in [0.15, 0.2) is 12.1 Å². The van der Waals surface area contributed by atoms with Crippen molar-refractivity contribution in [2.45, 2.75) is 32.7 Å². The fourth-order valence-corrected chi connectivity index (χ4v) is 3.48. The Morgan fingerprint density at radius 2 is 2.14 bits per heavy atom. The summed E-state index contributed by atoms with van der Waals surface area (Å²) in [5.74, 6) is 1.02.